The van der Waals surface area contributed by atoms with Gasteiger partial charge in [0.15, 0.2) is 5.78 Å². The summed E-state index contributed by atoms with van der Waals surface area (Å²) in [7, 11) is 0. The minimum atomic E-state index is -0.783. The van der Waals surface area contributed by atoms with E-state index in [0.29, 0.717) is 6.42 Å². The highest BCUT2D eigenvalue weighted by Gasteiger charge is 2.15. The van der Waals surface area contributed by atoms with Crippen LogP contribution in [0.1, 0.15) is 20.3 Å². The molecule has 0 aliphatic carbocycles. The number of nitrogens with two attached hydrogens (primary N) is 1. The van der Waals surface area contributed by atoms with Crippen LogP contribution in [0.5, 0.6) is 0 Å². The second kappa shape index (κ2) is 5.69. The van der Waals surface area contributed by atoms with Gasteiger partial charge in [0, 0.05) is 0 Å². The topological polar surface area (TPSA) is 84.6 Å². The Balaban J connectivity index is 4.24. The molecule has 0 radical (unpaired) electrons. The Morgan fingerprint density at radius 2 is 2.15 bits per heavy atom. The Morgan fingerprint density at radius 1 is 1.62 bits per heavy atom. The van der Waals surface area contributed by atoms with Gasteiger partial charge in [-0.2, -0.15) is 5.10 Å². The summed E-state index contributed by atoms with van der Waals surface area (Å²) >= 11 is 3.18. The van der Waals surface area contributed by atoms with Crippen molar-refractivity contribution in [2.24, 2.45) is 10.8 Å². The molecule has 0 aromatic carbocycles. The van der Waals surface area contributed by atoms with E-state index in [0.717, 1.165) is 0 Å². The van der Waals surface area contributed by atoms with E-state index in [4.69, 9.17) is 5.73 Å². The van der Waals surface area contributed by atoms with Crippen LogP contribution in [0.2, 0.25) is 0 Å². The fourth-order valence-electron chi connectivity index (χ4n) is 0.606. The van der Waals surface area contributed by atoms with Crippen LogP contribution in [0.4, 0.5) is 4.79 Å². The third kappa shape index (κ3) is 4.62. The van der Waals surface area contributed by atoms with Gasteiger partial charge in [0.1, 0.15) is 5.71 Å². The fraction of sp³-hybridized carbons (Fsp3) is 0.571. The molecule has 0 spiro atoms. The average Bonchev–Trinajstić information content (AvgIpc) is 2.11. The van der Waals surface area contributed by atoms with E-state index in [2.05, 4.69) is 21.0 Å². The van der Waals surface area contributed by atoms with E-state index in [1.165, 1.54) is 6.92 Å². The van der Waals surface area contributed by atoms with Gasteiger partial charge in [0.2, 0.25) is 0 Å². The first-order valence-corrected chi connectivity index (χ1v) is 4.68. The number of nitrogens with zero attached hydrogens (tertiary/aromatic N) is 1. The molecule has 2 amide bonds. The lowest BCUT2D eigenvalue weighted by Gasteiger charge is -2.04. The van der Waals surface area contributed by atoms with Crippen LogP contribution in [-0.2, 0) is 4.79 Å². The molecule has 0 rings (SSSR count). The van der Waals surface area contributed by atoms with E-state index in [9.17, 15) is 9.59 Å². The SMILES string of the molecule is CCC(Br)C(=O)/C(C)=N\NC(N)=O. The minimum absolute atomic E-state index is 0.156. The van der Waals surface area contributed by atoms with Crippen molar-refractivity contribution in [3.8, 4) is 0 Å². The van der Waals surface area contributed by atoms with Crippen molar-refractivity contribution in [3.05, 3.63) is 0 Å². The zero-order valence-electron chi connectivity index (χ0n) is 7.50. The van der Waals surface area contributed by atoms with Crippen molar-refractivity contribution < 1.29 is 9.59 Å². The first kappa shape index (κ1) is 12.1. The smallest absolute Gasteiger partial charge is 0.332 e. The fourth-order valence-corrected chi connectivity index (χ4v) is 0.937. The van der Waals surface area contributed by atoms with Crippen molar-refractivity contribution in [1.82, 2.24) is 5.43 Å². The second-order valence-corrected chi connectivity index (χ2v) is 3.52. The first-order valence-electron chi connectivity index (χ1n) is 3.77. The van der Waals surface area contributed by atoms with Gasteiger partial charge in [0.25, 0.3) is 0 Å². The highest BCUT2D eigenvalue weighted by Crippen LogP contribution is 2.06. The number of rotatable bonds is 4. The largest absolute Gasteiger partial charge is 0.350 e. The van der Waals surface area contributed by atoms with Gasteiger partial charge >= 0.3 is 6.03 Å². The number of hydrogen-bond donors (Lipinski definition) is 2. The summed E-state index contributed by atoms with van der Waals surface area (Å²) in [4.78, 5) is 21.3. The normalized spacial score (nSPS) is 13.6. The number of amides is 2. The van der Waals surface area contributed by atoms with Gasteiger partial charge in [-0.15, -0.1) is 0 Å². The third-order valence-electron chi connectivity index (χ3n) is 1.33. The van der Waals surface area contributed by atoms with Gasteiger partial charge in [-0.3, -0.25) is 4.79 Å². The average molecular weight is 250 g/mol. The monoisotopic (exact) mass is 249 g/mol. The van der Waals surface area contributed by atoms with E-state index >= 15 is 0 Å². The summed E-state index contributed by atoms with van der Waals surface area (Å²) in [5.41, 5.74) is 6.98. The number of hydrazone groups is 1. The van der Waals surface area contributed by atoms with Crippen molar-refractivity contribution in [1.29, 1.82) is 0 Å². The number of urea groups is 1. The Hall–Kier alpha value is -0.910. The molecule has 0 heterocycles. The van der Waals surface area contributed by atoms with Crippen molar-refractivity contribution >= 4 is 33.5 Å². The van der Waals surface area contributed by atoms with Crippen LogP contribution in [-0.4, -0.2) is 22.4 Å². The maximum absolute atomic E-state index is 11.3. The van der Waals surface area contributed by atoms with Crippen molar-refractivity contribution in [2.45, 2.75) is 25.1 Å². The van der Waals surface area contributed by atoms with E-state index in [1.807, 2.05) is 12.3 Å². The molecule has 3 N–H and O–H groups in total. The number of primary amides is 1. The summed E-state index contributed by atoms with van der Waals surface area (Å²) < 4.78 is 0. The standard InChI is InChI=1S/C7H12BrN3O2/c1-3-5(8)6(12)4(2)10-11-7(9)13/h5H,3H2,1-2H3,(H3,9,11,13)/b10-4-. The molecule has 0 aliphatic heterocycles. The zero-order valence-corrected chi connectivity index (χ0v) is 9.09. The molecule has 0 bridgehead atoms. The molecule has 0 aliphatic rings. The molecular formula is C7H12BrN3O2. The van der Waals surface area contributed by atoms with Gasteiger partial charge in [-0.05, 0) is 13.3 Å². The molecule has 1 unspecified atom stereocenters. The minimum Gasteiger partial charge on any atom is -0.350 e. The summed E-state index contributed by atoms with van der Waals surface area (Å²) in [5, 5.41) is 3.51. The van der Waals surface area contributed by atoms with Crippen molar-refractivity contribution in [3.63, 3.8) is 0 Å². The van der Waals surface area contributed by atoms with E-state index < -0.39 is 6.03 Å². The number of nitrogens with one attached hydrogen (secondary N) is 1. The Labute approximate surface area is 84.9 Å². The number of ketones is 1. The Morgan fingerprint density at radius 3 is 2.54 bits per heavy atom. The summed E-state index contributed by atoms with van der Waals surface area (Å²) in [6, 6.07) is -0.783. The predicted molar refractivity (Wildman–Crippen MR) is 53.8 cm³/mol. The maximum atomic E-state index is 11.3. The Kier molecular flexibility index (Phi) is 5.29. The van der Waals surface area contributed by atoms with Crippen LogP contribution >= 0.6 is 15.9 Å². The van der Waals surface area contributed by atoms with Gasteiger partial charge in [-0.1, -0.05) is 22.9 Å². The van der Waals surface area contributed by atoms with Crippen LogP contribution in [0.15, 0.2) is 5.10 Å². The summed E-state index contributed by atoms with van der Waals surface area (Å²) in [6.07, 6.45) is 0.669. The predicted octanol–water partition coefficient (Wildman–Crippen LogP) is 0.773. The molecule has 0 fully saturated rings. The van der Waals surface area contributed by atoms with Gasteiger partial charge in [-0.25, -0.2) is 10.2 Å². The van der Waals surface area contributed by atoms with Crippen LogP contribution < -0.4 is 11.2 Å². The molecule has 0 saturated carbocycles. The molecule has 0 aromatic heterocycles. The number of Topliss-reactive ketones (excluding diaryl/α,β-unsaturated/α-hetero) is 1. The van der Waals surface area contributed by atoms with Crippen LogP contribution in [0.25, 0.3) is 0 Å². The number of halogens is 1. The number of hydrogen-bond acceptors (Lipinski definition) is 3. The molecule has 1 atom stereocenters. The summed E-state index contributed by atoms with van der Waals surface area (Å²) in [6.45, 7) is 3.38. The molecule has 0 aromatic rings. The van der Waals surface area contributed by atoms with Gasteiger partial charge < -0.3 is 5.73 Å². The number of carbonyl (C=O) groups excluding carboxylic acids is 2. The maximum Gasteiger partial charge on any atom is 0.332 e. The molecule has 13 heavy (non-hydrogen) atoms. The highest BCUT2D eigenvalue weighted by molar-refractivity contribution is 9.10. The second-order valence-electron chi connectivity index (χ2n) is 2.41. The molecule has 6 heteroatoms. The quantitative estimate of drug-likeness (QED) is 0.438. The zero-order chi connectivity index (χ0) is 10.4. The number of alkyl halides is 1. The lowest BCUT2D eigenvalue weighted by molar-refractivity contribution is -0.112. The lowest BCUT2D eigenvalue weighted by Crippen LogP contribution is -2.29. The third-order valence-corrected chi connectivity index (χ3v) is 2.40. The number of carbonyl (C=O) groups is 2. The molecule has 74 valence electrons. The molecule has 5 nitrogen and oxygen atoms in total. The van der Waals surface area contributed by atoms with E-state index in [1.54, 1.807) is 0 Å². The lowest BCUT2D eigenvalue weighted by atomic mass is 10.2. The van der Waals surface area contributed by atoms with Crippen LogP contribution in [0.3, 0.4) is 0 Å². The highest BCUT2D eigenvalue weighted by atomic mass is 79.9. The molecule has 0 saturated heterocycles. The van der Waals surface area contributed by atoms with Crippen LogP contribution in [0, 0.1) is 0 Å². The van der Waals surface area contributed by atoms with Gasteiger partial charge in [0.05, 0.1) is 4.83 Å². The van der Waals surface area contributed by atoms with Crippen molar-refractivity contribution in [2.75, 3.05) is 0 Å². The first-order chi connectivity index (χ1) is 5.99. The Bertz CT molecular complexity index is 240. The van der Waals surface area contributed by atoms with E-state index in [-0.39, 0.29) is 16.3 Å². The molecular weight excluding hydrogens is 238 g/mol. The summed E-state index contributed by atoms with van der Waals surface area (Å²) in [5.74, 6) is -0.156.